The summed E-state index contributed by atoms with van der Waals surface area (Å²) in [6.45, 7) is 5.88. The van der Waals surface area contributed by atoms with E-state index in [1.54, 1.807) is 7.11 Å². The molecule has 0 amide bonds. The van der Waals surface area contributed by atoms with Gasteiger partial charge in [-0.2, -0.15) is 0 Å². The maximum Gasteiger partial charge on any atom is 0.176 e. The fourth-order valence-electron chi connectivity index (χ4n) is 2.57. The van der Waals surface area contributed by atoms with Crippen molar-refractivity contribution in [1.82, 2.24) is 5.32 Å². The number of aliphatic hydroxyl groups is 1. The van der Waals surface area contributed by atoms with Crippen LogP contribution in [0.15, 0.2) is 28.7 Å². The van der Waals surface area contributed by atoms with Gasteiger partial charge >= 0.3 is 0 Å². The number of hydrogen-bond acceptors (Lipinski definition) is 4. The van der Waals surface area contributed by atoms with Crippen molar-refractivity contribution < 1.29 is 14.3 Å². The maximum atomic E-state index is 9.58. The van der Waals surface area contributed by atoms with Crippen LogP contribution < -0.4 is 10.1 Å². The lowest BCUT2D eigenvalue weighted by atomic mass is 9.83. The van der Waals surface area contributed by atoms with Crippen molar-refractivity contribution in [2.24, 2.45) is 5.41 Å². The van der Waals surface area contributed by atoms with Crippen LogP contribution in [-0.4, -0.2) is 25.4 Å². The molecule has 0 radical (unpaired) electrons. The van der Waals surface area contributed by atoms with E-state index < -0.39 is 0 Å². The summed E-state index contributed by atoms with van der Waals surface area (Å²) in [6.07, 6.45) is 1.92. The molecule has 4 heteroatoms. The summed E-state index contributed by atoms with van der Waals surface area (Å²) < 4.78 is 11.2. The van der Waals surface area contributed by atoms with Gasteiger partial charge in [-0.25, -0.2) is 0 Å². The van der Waals surface area contributed by atoms with E-state index in [0.29, 0.717) is 6.54 Å². The molecular formula is C17H25NO3. The Hall–Kier alpha value is -1.52. The Kier molecular flexibility index (Phi) is 5.26. The summed E-state index contributed by atoms with van der Waals surface area (Å²) >= 11 is 0. The molecule has 4 nitrogen and oxygen atoms in total. The molecule has 0 saturated heterocycles. The lowest BCUT2D eigenvalue weighted by molar-refractivity contribution is 0.112. The van der Waals surface area contributed by atoms with Crippen LogP contribution in [0.3, 0.4) is 0 Å². The van der Waals surface area contributed by atoms with Gasteiger partial charge in [0.05, 0.1) is 13.7 Å². The fraction of sp³-hybridized carbons (Fsp3) is 0.529. The van der Waals surface area contributed by atoms with E-state index in [1.165, 1.54) is 0 Å². The standard InChI is InChI=1S/C17H25NO3/c1-4-17(5-2,12-19)11-18-10-14-9-13-7-6-8-15(20-3)16(13)21-14/h6-9,18-19H,4-5,10-12H2,1-3H3. The third-order valence-corrected chi connectivity index (χ3v) is 4.41. The molecule has 1 heterocycles. The number of hydrogen-bond donors (Lipinski definition) is 2. The van der Waals surface area contributed by atoms with Crippen molar-refractivity contribution in [2.75, 3.05) is 20.3 Å². The molecule has 2 N–H and O–H groups in total. The largest absolute Gasteiger partial charge is 0.493 e. The minimum atomic E-state index is -0.0380. The van der Waals surface area contributed by atoms with E-state index in [0.717, 1.165) is 41.9 Å². The average Bonchev–Trinajstić information content (AvgIpc) is 2.94. The van der Waals surface area contributed by atoms with Gasteiger partial charge in [-0.05, 0) is 25.0 Å². The Morgan fingerprint density at radius 3 is 2.67 bits per heavy atom. The molecule has 0 aliphatic rings. The summed E-state index contributed by atoms with van der Waals surface area (Å²) in [6, 6.07) is 7.90. The van der Waals surface area contributed by atoms with Gasteiger partial charge in [0, 0.05) is 24.0 Å². The highest BCUT2D eigenvalue weighted by atomic mass is 16.5. The van der Waals surface area contributed by atoms with Crippen LogP contribution in [0, 0.1) is 5.41 Å². The number of benzene rings is 1. The Morgan fingerprint density at radius 2 is 2.05 bits per heavy atom. The zero-order valence-electron chi connectivity index (χ0n) is 13.1. The molecule has 0 fully saturated rings. The van der Waals surface area contributed by atoms with Crippen molar-refractivity contribution >= 4 is 11.0 Å². The third-order valence-electron chi connectivity index (χ3n) is 4.41. The Labute approximate surface area is 126 Å². The Bertz CT molecular complexity index is 564. The zero-order valence-corrected chi connectivity index (χ0v) is 13.1. The van der Waals surface area contributed by atoms with Crippen LogP contribution in [-0.2, 0) is 6.54 Å². The Morgan fingerprint density at radius 1 is 1.29 bits per heavy atom. The Balaban J connectivity index is 2.04. The second kappa shape index (κ2) is 6.96. The summed E-state index contributed by atoms with van der Waals surface area (Å²) in [5, 5.41) is 14.0. The topological polar surface area (TPSA) is 54.6 Å². The molecule has 0 unspecified atom stereocenters. The molecule has 0 bridgehead atoms. The monoisotopic (exact) mass is 291 g/mol. The zero-order chi connectivity index (χ0) is 15.3. The van der Waals surface area contributed by atoms with Crippen molar-refractivity contribution in [3.05, 3.63) is 30.0 Å². The molecule has 1 aromatic carbocycles. The first-order chi connectivity index (χ1) is 10.2. The van der Waals surface area contributed by atoms with Gasteiger partial charge < -0.3 is 19.6 Å². The van der Waals surface area contributed by atoms with E-state index in [-0.39, 0.29) is 12.0 Å². The second-order valence-electron chi connectivity index (χ2n) is 5.56. The first-order valence-corrected chi connectivity index (χ1v) is 7.55. The van der Waals surface area contributed by atoms with Crippen LogP contribution in [0.25, 0.3) is 11.0 Å². The molecule has 0 aliphatic carbocycles. The van der Waals surface area contributed by atoms with Gasteiger partial charge in [-0.3, -0.25) is 0 Å². The van der Waals surface area contributed by atoms with Gasteiger partial charge in [-0.1, -0.05) is 26.0 Å². The molecule has 2 rings (SSSR count). The summed E-state index contributed by atoms with van der Waals surface area (Å²) in [7, 11) is 1.65. The van der Waals surface area contributed by atoms with E-state index in [9.17, 15) is 5.11 Å². The first-order valence-electron chi connectivity index (χ1n) is 7.55. The molecule has 0 atom stereocenters. The average molecular weight is 291 g/mol. The summed E-state index contributed by atoms with van der Waals surface area (Å²) in [5.41, 5.74) is 0.750. The lowest BCUT2D eigenvalue weighted by Gasteiger charge is -2.29. The van der Waals surface area contributed by atoms with E-state index in [1.807, 2.05) is 24.3 Å². The summed E-state index contributed by atoms with van der Waals surface area (Å²) in [4.78, 5) is 0. The quantitative estimate of drug-likeness (QED) is 0.783. The number of para-hydroxylation sites is 1. The molecule has 0 saturated carbocycles. The molecule has 21 heavy (non-hydrogen) atoms. The number of methoxy groups -OCH3 is 1. The van der Waals surface area contributed by atoms with E-state index >= 15 is 0 Å². The molecule has 2 aromatic rings. The number of rotatable bonds is 8. The highest BCUT2D eigenvalue weighted by molar-refractivity contribution is 5.83. The summed E-state index contributed by atoms with van der Waals surface area (Å²) in [5.74, 6) is 1.64. The molecule has 1 aromatic heterocycles. The molecular weight excluding hydrogens is 266 g/mol. The van der Waals surface area contributed by atoms with E-state index in [4.69, 9.17) is 9.15 Å². The van der Waals surface area contributed by atoms with Crippen LogP contribution in [0.4, 0.5) is 0 Å². The maximum absolute atomic E-state index is 9.58. The molecule has 0 spiro atoms. The minimum Gasteiger partial charge on any atom is -0.493 e. The number of aliphatic hydroxyl groups excluding tert-OH is 1. The van der Waals surface area contributed by atoms with Crippen LogP contribution in [0.2, 0.25) is 0 Å². The SMILES string of the molecule is CCC(CC)(CO)CNCc1cc2cccc(OC)c2o1. The van der Waals surface area contributed by atoms with Crippen LogP contribution in [0.1, 0.15) is 32.4 Å². The predicted octanol–water partition coefficient (Wildman–Crippen LogP) is 3.33. The minimum absolute atomic E-state index is 0.0380. The normalized spacial score (nSPS) is 12.0. The lowest BCUT2D eigenvalue weighted by Crippen LogP contribution is -2.36. The van der Waals surface area contributed by atoms with Crippen LogP contribution >= 0.6 is 0 Å². The highest BCUT2D eigenvalue weighted by Crippen LogP contribution is 2.29. The van der Waals surface area contributed by atoms with Gasteiger partial charge in [0.25, 0.3) is 0 Å². The number of ether oxygens (including phenoxy) is 1. The van der Waals surface area contributed by atoms with Crippen molar-refractivity contribution in [1.29, 1.82) is 0 Å². The van der Waals surface area contributed by atoms with Crippen molar-refractivity contribution in [3.63, 3.8) is 0 Å². The highest BCUT2D eigenvalue weighted by Gasteiger charge is 2.24. The fourth-order valence-corrected chi connectivity index (χ4v) is 2.57. The van der Waals surface area contributed by atoms with Gasteiger partial charge in [0.1, 0.15) is 5.76 Å². The third kappa shape index (κ3) is 3.39. The van der Waals surface area contributed by atoms with Crippen molar-refractivity contribution in [3.8, 4) is 5.75 Å². The van der Waals surface area contributed by atoms with Gasteiger partial charge in [-0.15, -0.1) is 0 Å². The number of fused-ring (bicyclic) bond motifs is 1. The first kappa shape index (κ1) is 15.9. The van der Waals surface area contributed by atoms with Gasteiger partial charge in [0.2, 0.25) is 0 Å². The predicted molar refractivity (Wildman–Crippen MR) is 84.6 cm³/mol. The number of nitrogens with one attached hydrogen (secondary N) is 1. The van der Waals surface area contributed by atoms with Crippen LogP contribution in [0.5, 0.6) is 5.75 Å². The number of furan rings is 1. The van der Waals surface area contributed by atoms with Gasteiger partial charge in [0.15, 0.2) is 11.3 Å². The molecule has 116 valence electrons. The van der Waals surface area contributed by atoms with Crippen molar-refractivity contribution in [2.45, 2.75) is 33.2 Å². The molecule has 0 aliphatic heterocycles. The smallest absolute Gasteiger partial charge is 0.176 e. The second-order valence-corrected chi connectivity index (χ2v) is 5.56. The van der Waals surface area contributed by atoms with E-state index in [2.05, 4.69) is 19.2 Å².